The van der Waals surface area contributed by atoms with Gasteiger partial charge in [0.25, 0.3) is 0 Å². The molecule has 0 aromatic heterocycles. The molecule has 0 spiro atoms. The van der Waals surface area contributed by atoms with Gasteiger partial charge in [0.15, 0.2) is 0 Å². The minimum Gasteiger partial charge on any atom is -0.375 e. The summed E-state index contributed by atoms with van der Waals surface area (Å²) < 4.78 is 32.6. The highest BCUT2D eigenvalue weighted by Crippen LogP contribution is 2.25. The SMILES string of the molecule is COC1(Cc2c(F)cc(C)cc2F)CNC1. The van der Waals surface area contributed by atoms with Crippen molar-refractivity contribution < 1.29 is 13.5 Å². The van der Waals surface area contributed by atoms with Crippen molar-refractivity contribution in [1.82, 2.24) is 5.32 Å². The molecule has 16 heavy (non-hydrogen) atoms. The van der Waals surface area contributed by atoms with Crippen LogP contribution < -0.4 is 5.32 Å². The molecule has 88 valence electrons. The van der Waals surface area contributed by atoms with Crippen LogP contribution in [0.1, 0.15) is 11.1 Å². The Kier molecular flexibility index (Phi) is 2.95. The van der Waals surface area contributed by atoms with E-state index in [4.69, 9.17) is 4.74 Å². The van der Waals surface area contributed by atoms with E-state index < -0.39 is 17.2 Å². The molecule has 0 atom stereocenters. The van der Waals surface area contributed by atoms with E-state index in [9.17, 15) is 8.78 Å². The Morgan fingerprint density at radius 2 is 1.88 bits per heavy atom. The number of benzene rings is 1. The molecule has 0 unspecified atom stereocenters. The summed E-state index contributed by atoms with van der Waals surface area (Å²) in [6, 6.07) is 2.71. The van der Waals surface area contributed by atoms with E-state index in [-0.39, 0.29) is 12.0 Å². The van der Waals surface area contributed by atoms with Gasteiger partial charge >= 0.3 is 0 Å². The normalized spacial score (nSPS) is 18.2. The number of rotatable bonds is 3. The van der Waals surface area contributed by atoms with Crippen molar-refractivity contribution >= 4 is 0 Å². The first-order chi connectivity index (χ1) is 7.56. The number of methoxy groups -OCH3 is 1. The molecule has 0 amide bonds. The molecule has 1 aliphatic rings. The van der Waals surface area contributed by atoms with Gasteiger partial charge < -0.3 is 10.1 Å². The van der Waals surface area contributed by atoms with E-state index >= 15 is 0 Å². The molecule has 0 aliphatic carbocycles. The van der Waals surface area contributed by atoms with Crippen molar-refractivity contribution in [3.8, 4) is 0 Å². The Labute approximate surface area is 93.6 Å². The monoisotopic (exact) mass is 227 g/mol. The third kappa shape index (κ3) is 1.95. The summed E-state index contributed by atoms with van der Waals surface area (Å²) in [4.78, 5) is 0. The standard InChI is InChI=1S/C12H15F2NO/c1-8-3-10(13)9(11(14)4-8)5-12(16-2)6-15-7-12/h3-4,15H,5-7H2,1-2H3. The highest BCUT2D eigenvalue weighted by Gasteiger charge is 2.38. The van der Waals surface area contributed by atoms with Crippen LogP contribution >= 0.6 is 0 Å². The first kappa shape index (κ1) is 11.5. The number of hydrogen-bond acceptors (Lipinski definition) is 2. The van der Waals surface area contributed by atoms with Gasteiger partial charge in [-0.25, -0.2) is 8.78 Å². The quantitative estimate of drug-likeness (QED) is 0.850. The lowest BCUT2D eigenvalue weighted by atomic mass is 9.88. The molecule has 2 nitrogen and oxygen atoms in total. The first-order valence-corrected chi connectivity index (χ1v) is 5.27. The zero-order valence-corrected chi connectivity index (χ0v) is 9.44. The molecule has 1 aliphatic heterocycles. The smallest absolute Gasteiger partial charge is 0.129 e. The maximum absolute atomic E-state index is 13.6. The molecule has 1 N–H and O–H groups in total. The van der Waals surface area contributed by atoms with E-state index in [2.05, 4.69) is 5.32 Å². The number of nitrogens with one attached hydrogen (secondary N) is 1. The van der Waals surface area contributed by atoms with Gasteiger partial charge in [0.05, 0.1) is 5.60 Å². The van der Waals surface area contributed by atoms with Gasteiger partial charge in [0.1, 0.15) is 11.6 Å². The lowest BCUT2D eigenvalue weighted by Crippen LogP contribution is -2.62. The van der Waals surface area contributed by atoms with Crippen LogP contribution in [0.25, 0.3) is 0 Å². The summed E-state index contributed by atoms with van der Waals surface area (Å²) in [7, 11) is 1.57. The highest BCUT2D eigenvalue weighted by molar-refractivity contribution is 5.27. The summed E-state index contributed by atoms with van der Waals surface area (Å²) in [5.41, 5.74) is 0.266. The average molecular weight is 227 g/mol. The molecule has 1 saturated heterocycles. The highest BCUT2D eigenvalue weighted by atomic mass is 19.1. The zero-order valence-electron chi connectivity index (χ0n) is 9.44. The molecule has 0 saturated carbocycles. The zero-order chi connectivity index (χ0) is 11.8. The fraction of sp³-hybridized carbons (Fsp3) is 0.500. The number of halogens is 2. The van der Waals surface area contributed by atoms with E-state index in [1.165, 1.54) is 12.1 Å². The molecular weight excluding hydrogens is 212 g/mol. The van der Waals surface area contributed by atoms with E-state index in [0.29, 0.717) is 18.7 Å². The number of aryl methyl sites for hydroxylation is 1. The van der Waals surface area contributed by atoms with Crippen LogP contribution in [-0.4, -0.2) is 25.8 Å². The van der Waals surface area contributed by atoms with Gasteiger partial charge in [0.2, 0.25) is 0 Å². The van der Waals surface area contributed by atoms with Gasteiger partial charge in [-0.1, -0.05) is 0 Å². The first-order valence-electron chi connectivity index (χ1n) is 5.27. The summed E-state index contributed by atoms with van der Waals surface area (Å²) in [6.45, 7) is 2.94. The largest absolute Gasteiger partial charge is 0.375 e. The van der Waals surface area contributed by atoms with E-state index in [1.807, 2.05) is 0 Å². The number of ether oxygens (including phenoxy) is 1. The molecule has 1 aromatic carbocycles. The van der Waals surface area contributed by atoms with Crippen molar-refractivity contribution in [3.63, 3.8) is 0 Å². The molecule has 0 bridgehead atoms. The molecule has 2 rings (SSSR count). The van der Waals surface area contributed by atoms with Crippen LogP contribution in [0, 0.1) is 18.6 Å². The Hall–Kier alpha value is -1.00. The maximum Gasteiger partial charge on any atom is 0.129 e. The Morgan fingerprint density at radius 3 is 2.25 bits per heavy atom. The third-order valence-electron chi connectivity index (χ3n) is 3.11. The fourth-order valence-electron chi connectivity index (χ4n) is 1.97. The van der Waals surface area contributed by atoms with Crippen LogP contribution in [0.5, 0.6) is 0 Å². The van der Waals surface area contributed by atoms with Crippen LogP contribution in [-0.2, 0) is 11.2 Å². The second-order valence-corrected chi connectivity index (χ2v) is 4.37. The van der Waals surface area contributed by atoms with Gasteiger partial charge in [-0.15, -0.1) is 0 Å². The Balaban J connectivity index is 2.27. The van der Waals surface area contributed by atoms with Gasteiger partial charge in [-0.3, -0.25) is 0 Å². The molecule has 0 radical (unpaired) electrons. The van der Waals surface area contributed by atoms with Gasteiger partial charge in [-0.05, 0) is 24.6 Å². The number of hydrogen-bond donors (Lipinski definition) is 1. The van der Waals surface area contributed by atoms with Crippen LogP contribution in [0.4, 0.5) is 8.78 Å². The van der Waals surface area contributed by atoms with Crippen molar-refractivity contribution in [3.05, 3.63) is 34.9 Å². The van der Waals surface area contributed by atoms with Gasteiger partial charge in [0, 0.05) is 32.2 Å². The lowest BCUT2D eigenvalue weighted by molar-refractivity contribution is -0.0512. The topological polar surface area (TPSA) is 21.3 Å². The predicted molar refractivity (Wildman–Crippen MR) is 57.4 cm³/mol. The summed E-state index contributed by atoms with van der Waals surface area (Å²) in [5, 5.41) is 3.05. The van der Waals surface area contributed by atoms with Crippen LogP contribution in [0.15, 0.2) is 12.1 Å². The summed E-state index contributed by atoms with van der Waals surface area (Å²) in [5.74, 6) is -0.971. The lowest BCUT2D eigenvalue weighted by Gasteiger charge is -2.41. The minimum atomic E-state index is -0.485. The average Bonchev–Trinajstić information content (AvgIpc) is 2.14. The predicted octanol–water partition coefficient (Wildman–Crippen LogP) is 1.80. The van der Waals surface area contributed by atoms with Crippen LogP contribution in [0.3, 0.4) is 0 Å². The summed E-state index contributed by atoms with van der Waals surface area (Å²) in [6.07, 6.45) is 0.272. The van der Waals surface area contributed by atoms with Crippen molar-refractivity contribution in [2.45, 2.75) is 18.9 Å². The summed E-state index contributed by atoms with van der Waals surface area (Å²) >= 11 is 0. The van der Waals surface area contributed by atoms with E-state index in [1.54, 1.807) is 14.0 Å². The molecule has 1 heterocycles. The maximum atomic E-state index is 13.6. The van der Waals surface area contributed by atoms with Crippen molar-refractivity contribution in [1.29, 1.82) is 0 Å². The van der Waals surface area contributed by atoms with Crippen molar-refractivity contribution in [2.75, 3.05) is 20.2 Å². The van der Waals surface area contributed by atoms with Gasteiger partial charge in [-0.2, -0.15) is 0 Å². The molecule has 4 heteroatoms. The van der Waals surface area contributed by atoms with Crippen LogP contribution in [0.2, 0.25) is 0 Å². The third-order valence-corrected chi connectivity index (χ3v) is 3.11. The van der Waals surface area contributed by atoms with E-state index in [0.717, 1.165) is 0 Å². The molecule has 1 fully saturated rings. The Bertz CT molecular complexity index is 373. The second kappa shape index (κ2) is 4.11. The molecule has 1 aromatic rings. The Morgan fingerprint density at radius 1 is 1.31 bits per heavy atom. The fourth-order valence-corrected chi connectivity index (χ4v) is 1.97. The van der Waals surface area contributed by atoms with Crippen molar-refractivity contribution in [2.24, 2.45) is 0 Å². The minimum absolute atomic E-state index is 0.119. The molecular formula is C12H15F2NO. The second-order valence-electron chi connectivity index (χ2n) is 4.37.